The van der Waals surface area contributed by atoms with Gasteiger partial charge in [-0.15, -0.1) is 0 Å². The minimum atomic E-state index is -3.55. The minimum Gasteiger partial charge on any atom is -0.495 e. The fourth-order valence-corrected chi connectivity index (χ4v) is 9.55. The second-order valence-corrected chi connectivity index (χ2v) is 22.0. The lowest BCUT2D eigenvalue weighted by Crippen LogP contribution is -2.41. The Morgan fingerprint density at radius 2 is 1.07 bits per heavy atom. The van der Waals surface area contributed by atoms with Crippen molar-refractivity contribution in [1.29, 1.82) is 0 Å². The van der Waals surface area contributed by atoms with Gasteiger partial charge in [0, 0.05) is 13.1 Å². The number of carboxylic acid groups (broad SMARTS) is 1. The number of ether oxygens (including phenoxy) is 3. The van der Waals surface area contributed by atoms with E-state index in [1.165, 1.54) is 25.6 Å². The molecule has 0 radical (unpaired) electrons. The number of aliphatic carboxylic acids is 1. The third kappa shape index (κ3) is 13.8. The Morgan fingerprint density at radius 1 is 0.648 bits per heavy atom. The van der Waals surface area contributed by atoms with Crippen LogP contribution in [0.4, 0.5) is 46.3 Å². The van der Waals surface area contributed by atoms with Gasteiger partial charge >= 0.3 is 5.97 Å². The van der Waals surface area contributed by atoms with Gasteiger partial charge in [-0.3, -0.25) is 9.59 Å². The molecule has 7 rings (SSSR count). The van der Waals surface area contributed by atoms with Gasteiger partial charge in [0.05, 0.1) is 95.7 Å². The van der Waals surface area contributed by atoms with Crippen LogP contribution < -0.4 is 30.7 Å². The summed E-state index contributed by atoms with van der Waals surface area (Å²) in [6, 6.07) is 23.4. The molecule has 0 aliphatic carbocycles. The molecule has 1 aliphatic rings. The van der Waals surface area contributed by atoms with Crippen LogP contribution in [0.25, 0.3) is 0 Å². The first kappa shape index (κ1) is 53.6. The van der Waals surface area contributed by atoms with E-state index in [1.807, 2.05) is 12.1 Å². The Hall–Kier alpha value is -6.78. The number of anilines is 8. The van der Waals surface area contributed by atoms with E-state index < -0.39 is 36.1 Å². The number of benzene rings is 4. The quantitative estimate of drug-likeness (QED) is 0.0540. The summed E-state index contributed by atoms with van der Waals surface area (Å²) in [7, 11) is -4.07. The zero-order chi connectivity index (χ0) is 51.5. The third-order valence-electron chi connectivity index (χ3n) is 10.7. The maximum atomic E-state index is 12.9. The van der Waals surface area contributed by atoms with E-state index in [9.17, 15) is 26.4 Å². The van der Waals surface area contributed by atoms with Gasteiger partial charge in [0.1, 0.15) is 21.5 Å². The summed E-state index contributed by atoms with van der Waals surface area (Å²) in [4.78, 5) is 43.1. The fourth-order valence-electron chi connectivity index (χ4n) is 6.87. The number of hydrogen-bond donors (Lipinski definition) is 5. The summed E-state index contributed by atoms with van der Waals surface area (Å²) in [5.74, 6) is 0.839. The molecule has 0 unspecified atom stereocenters. The van der Waals surface area contributed by atoms with E-state index in [1.54, 1.807) is 106 Å². The molecule has 0 spiro atoms. The number of amides is 1. The zero-order valence-electron chi connectivity index (χ0n) is 39.6. The molecule has 19 nitrogen and oxygen atoms in total. The number of nitrogens with one attached hydrogen (secondary N) is 4. The Labute approximate surface area is 422 Å². The van der Waals surface area contributed by atoms with E-state index in [2.05, 4.69) is 41.2 Å². The molecule has 5 N–H and O–H groups in total. The standard InChI is InChI=1S/C26H30ClN5O5S.C22H23ClN4O5S/c1-17(2)38(34,35)23-7-5-4-6-20(23)29-25-19(27)16-28-26(31-25)30-21-14-18(8-9-22(21)36-3)15-24(33)32-10-12-37-13-11-32;1-13(2)33(30,31)19-7-5-4-6-16(19)25-21-15(23)12-24-22(27-21)26-17-10-14(11-20(28)29)8-9-18(17)32-3/h4-9,14,16-17H,10-13,15H2,1-3H3,(H2,28,29,30,31);4-10,12-13H,11H2,1-3H3,(H,28,29)(H2,24,25,26,27). The van der Waals surface area contributed by atoms with Gasteiger partial charge < -0.3 is 45.5 Å². The number of carboxylic acids is 1. The van der Waals surface area contributed by atoms with Crippen molar-refractivity contribution in [2.75, 3.05) is 61.8 Å². The maximum Gasteiger partial charge on any atom is 0.307 e. The molecule has 4 aromatic carbocycles. The van der Waals surface area contributed by atoms with Crippen molar-refractivity contribution < 1.29 is 45.7 Å². The highest BCUT2D eigenvalue weighted by molar-refractivity contribution is 7.92. The molecule has 71 heavy (non-hydrogen) atoms. The molecule has 1 amide bonds. The number of carbonyl (C=O) groups excluding carboxylic acids is 1. The van der Waals surface area contributed by atoms with Gasteiger partial charge in [-0.2, -0.15) is 9.97 Å². The van der Waals surface area contributed by atoms with Crippen LogP contribution in [0.3, 0.4) is 0 Å². The Morgan fingerprint density at radius 3 is 1.48 bits per heavy atom. The third-order valence-corrected chi connectivity index (χ3v) is 15.7. The highest BCUT2D eigenvalue weighted by Crippen LogP contribution is 2.35. The largest absolute Gasteiger partial charge is 0.495 e. The number of rotatable bonds is 18. The van der Waals surface area contributed by atoms with Gasteiger partial charge in [0.15, 0.2) is 31.3 Å². The monoisotopic (exact) mass is 1050 g/mol. The van der Waals surface area contributed by atoms with E-state index in [0.717, 1.165) is 5.56 Å². The molecule has 1 saturated heterocycles. The summed E-state index contributed by atoms with van der Waals surface area (Å²) >= 11 is 12.6. The molecule has 0 saturated carbocycles. The Balaban J connectivity index is 0.000000235. The highest BCUT2D eigenvalue weighted by Gasteiger charge is 2.25. The molecular formula is C48H53Cl2N9O10S2. The number of halogens is 2. The number of sulfone groups is 2. The van der Waals surface area contributed by atoms with E-state index in [4.69, 9.17) is 42.5 Å². The number of nitrogens with zero attached hydrogens (tertiary/aromatic N) is 5. The summed E-state index contributed by atoms with van der Waals surface area (Å²) in [6.07, 6.45) is 2.85. The van der Waals surface area contributed by atoms with Gasteiger partial charge in [-0.25, -0.2) is 26.8 Å². The van der Waals surface area contributed by atoms with Crippen molar-refractivity contribution in [1.82, 2.24) is 24.8 Å². The number of morpholine rings is 1. The molecule has 376 valence electrons. The lowest BCUT2D eigenvalue weighted by atomic mass is 10.1. The van der Waals surface area contributed by atoms with Crippen LogP contribution >= 0.6 is 23.2 Å². The van der Waals surface area contributed by atoms with Crippen molar-refractivity contribution in [3.8, 4) is 11.5 Å². The van der Waals surface area contributed by atoms with Crippen molar-refractivity contribution in [2.45, 2.75) is 60.8 Å². The van der Waals surface area contributed by atoms with E-state index >= 15 is 0 Å². The topological polar surface area (TPSA) is 253 Å². The number of carbonyl (C=O) groups is 2. The molecule has 2 aromatic heterocycles. The first-order chi connectivity index (χ1) is 33.8. The first-order valence-corrected chi connectivity index (χ1v) is 25.9. The summed E-state index contributed by atoms with van der Waals surface area (Å²) in [5, 5.41) is 20.4. The predicted molar refractivity (Wildman–Crippen MR) is 273 cm³/mol. The number of aromatic nitrogens is 4. The molecule has 6 aromatic rings. The Kier molecular flexibility index (Phi) is 18.0. The summed E-state index contributed by atoms with van der Waals surface area (Å²) in [6.45, 7) is 8.71. The first-order valence-electron chi connectivity index (χ1n) is 22.0. The van der Waals surface area contributed by atoms with E-state index in [-0.39, 0.29) is 62.1 Å². The van der Waals surface area contributed by atoms with Crippen molar-refractivity contribution in [3.63, 3.8) is 0 Å². The van der Waals surface area contributed by atoms with E-state index in [0.29, 0.717) is 66.1 Å². The van der Waals surface area contributed by atoms with Crippen LogP contribution in [0.2, 0.25) is 10.0 Å². The predicted octanol–water partition coefficient (Wildman–Crippen LogP) is 8.64. The number of methoxy groups -OCH3 is 2. The van der Waals surface area contributed by atoms with Crippen LogP contribution in [-0.4, -0.2) is 110 Å². The number of hydrogen-bond acceptors (Lipinski definition) is 17. The second kappa shape index (κ2) is 23.9. The van der Waals surface area contributed by atoms with Gasteiger partial charge in [-0.05, 0) is 87.4 Å². The SMILES string of the molecule is COc1ccc(CC(=O)N2CCOCC2)cc1Nc1ncc(Cl)c(Nc2ccccc2S(=O)(=O)C(C)C)n1.COc1ccc(CC(=O)O)cc1Nc1ncc(Cl)c(Nc2ccccc2S(=O)(=O)C(C)C)n1. The molecule has 23 heteroatoms. The normalized spacial score (nSPS) is 12.7. The van der Waals surface area contributed by atoms with Gasteiger partial charge in [0.2, 0.25) is 17.8 Å². The average Bonchev–Trinajstić information content (AvgIpc) is 3.34. The molecule has 0 atom stereocenters. The van der Waals surface area contributed by atoms with Crippen LogP contribution in [0.15, 0.2) is 107 Å². The smallest absolute Gasteiger partial charge is 0.307 e. The van der Waals surface area contributed by atoms with Gasteiger partial charge in [-0.1, -0.05) is 59.6 Å². The molecular weight excluding hydrogens is 998 g/mol. The summed E-state index contributed by atoms with van der Waals surface area (Å²) in [5.41, 5.74) is 3.08. The highest BCUT2D eigenvalue weighted by atomic mass is 35.5. The molecule has 3 heterocycles. The summed E-state index contributed by atoms with van der Waals surface area (Å²) < 4.78 is 67.3. The van der Waals surface area contributed by atoms with Crippen molar-refractivity contribution in [3.05, 3.63) is 118 Å². The second-order valence-electron chi connectivity index (χ2n) is 16.3. The molecule has 1 fully saturated rings. The zero-order valence-corrected chi connectivity index (χ0v) is 42.7. The average molecular weight is 1050 g/mol. The molecule has 0 bridgehead atoms. The number of para-hydroxylation sites is 2. The van der Waals surface area contributed by atoms with Crippen LogP contribution in [-0.2, 0) is 46.8 Å². The Bertz CT molecular complexity index is 3110. The van der Waals surface area contributed by atoms with Gasteiger partial charge in [0.25, 0.3) is 0 Å². The van der Waals surface area contributed by atoms with Crippen LogP contribution in [0, 0.1) is 0 Å². The van der Waals surface area contributed by atoms with Crippen LogP contribution in [0.1, 0.15) is 38.8 Å². The van der Waals surface area contributed by atoms with Crippen LogP contribution in [0.5, 0.6) is 11.5 Å². The fraction of sp³-hybridized carbons (Fsp3) is 0.292. The molecule has 1 aliphatic heterocycles. The van der Waals surface area contributed by atoms with Crippen molar-refractivity contribution >= 4 is 101 Å². The van der Waals surface area contributed by atoms with Crippen molar-refractivity contribution in [2.24, 2.45) is 0 Å². The minimum absolute atomic E-state index is 0.0219. The maximum absolute atomic E-state index is 12.9. The lowest BCUT2D eigenvalue weighted by molar-refractivity contribution is -0.136. The lowest BCUT2D eigenvalue weighted by Gasteiger charge is -2.27.